The van der Waals surface area contributed by atoms with Crippen LogP contribution in [0.25, 0.3) is 0 Å². The van der Waals surface area contributed by atoms with E-state index >= 15 is 0 Å². The Balaban J connectivity index is 5.02. The van der Waals surface area contributed by atoms with Gasteiger partial charge >= 0.3 is 115 Å². The predicted octanol–water partition coefficient (Wildman–Crippen LogP) is 3.32. The molecular weight excluding hydrogens is 336 g/mol. The molecule has 1 atom stereocenters. The van der Waals surface area contributed by atoms with Crippen molar-refractivity contribution in [2.24, 2.45) is 4.99 Å². The summed E-state index contributed by atoms with van der Waals surface area (Å²) < 4.78 is 39.3. The molecule has 0 bridgehead atoms. The molecule has 0 aromatic carbocycles. The van der Waals surface area contributed by atoms with Crippen molar-refractivity contribution >= 4 is 28.6 Å². The number of amidine groups is 1. The first-order chi connectivity index (χ1) is 7.49. The van der Waals surface area contributed by atoms with E-state index < -0.39 is 12.2 Å². The van der Waals surface area contributed by atoms with Gasteiger partial charge in [0.05, 0.1) is 0 Å². The number of aliphatic imine (C=N–C) groups is 1. The van der Waals surface area contributed by atoms with E-state index in [4.69, 9.17) is 0 Å². The summed E-state index contributed by atoms with van der Waals surface area (Å²) in [5.41, 5.74) is -0.343. The third-order valence-electron chi connectivity index (χ3n) is 2.08. The first-order valence-electron chi connectivity index (χ1n) is 5.65. The minimum absolute atomic E-state index is 0.343. The number of nitrogens with zero attached hydrogens (tertiary/aromatic N) is 2. The standard InChI is InChI=1S/C11H20F3N2.Sn/c1-6-7-9(16-10(3,4)5)15-8(2)11(12,13)14;/h8H,6-7H2,1-5H3;/q-1;+1. The van der Waals surface area contributed by atoms with E-state index in [9.17, 15) is 13.2 Å². The average Bonchev–Trinajstić information content (AvgIpc) is 2.11. The molecular formula is C11H20F3N2Sn. The summed E-state index contributed by atoms with van der Waals surface area (Å²) in [5.74, 6) is 0.558. The third-order valence-corrected chi connectivity index (χ3v) is 3.92. The summed E-state index contributed by atoms with van der Waals surface area (Å²) in [6.07, 6.45) is -2.82. The van der Waals surface area contributed by atoms with Gasteiger partial charge in [-0.05, 0) is 0 Å². The summed E-state index contributed by atoms with van der Waals surface area (Å²) >= 11 is 0.725. The molecule has 0 aliphatic heterocycles. The zero-order valence-corrected chi connectivity index (χ0v) is 13.9. The molecule has 0 aromatic rings. The quantitative estimate of drug-likeness (QED) is 0.431. The molecule has 0 saturated heterocycles. The Bertz CT molecular complexity index is 269. The second-order valence-corrected chi connectivity index (χ2v) is 6.41. The molecule has 2 nitrogen and oxygen atoms in total. The van der Waals surface area contributed by atoms with Crippen LogP contribution >= 0.6 is 0 Å². The summed E-state index contributed by atoms with van der Waals surface area (Å²) in [5, 5.41) is 0. The van der Waals surface area contributed by atoms with Gasteiger partial charge in [0.25, 0.3) is 0 Å². The fourth-order valence-corrected chi connectivity index (χ4v) is 2.09. The molecule has 99 valence electrons. The predicted molar refractivity (Wildman–Crippen MR) is 65.2 cm³/mol. The van der Waals surface area contributed by atoms with Gasteiger partial charge in [-0.25, -0.2) is 0 Å². The van der Waals surface area contributed by atoms with Crippen LogP contribution in [0.1, 0.15) is 47.5 Å². The van der Waals surface area contributed by atoms with Crippen LogP contribution in [-0.4, -0.2) is 49.5 Å². The molecule has 6 heteroatoms. The van der Waals surface area contributed by atoms with Crippen LogP contribution in [0.15, 0.2) is 4.99 Å². The van der Waals surface area contributed by atoms with E-state index in [1.807, 2.05) is 27.7 Å². The first kappa shape index (κ1) is 17.1. The summed E-state index contributed by atoms with van der Waals surface area (Å²) in [7, 11) is 0. The SMILES string of the molecule is CCCC(=NC(C)(C)C)[N]([Sn])C(C)C(F)(F)F. The van der Waals surface area contributed by atoms with Crippen LogP contribution in [-0.2, 0) is 0 Å². The van der Waals surface area contributed by atoms with Crippen molar-refractivity contribution in [3.8, 4) is 0 Å². The Morgan fingerprint density at radius 3 is 2.06 bits per heavy atom. The van der Waals surface area contributed by atoms with E-state index in [1.54, 1.807) is 0 Å². The van der Waals surface area contributed by atoms with Gasteiger partial charge < -0.3 is 0 Å². The molecule has 0 aliphatic rings. The number of hydrogen-bond acceptors (Lipinski definition) is 1. The van der Waals surface area contributed by atoms with Gasteiger partial charge in [-0.2, -0.15) is 0 Å². The average molecular weight is 356 g/mol. The second kappa shape index (κ2) is 6.29. The summed E-state index contributed by atoms with van der Waals surface area (Å²) in [4.78, 5) is 4.40. The Labute approximate surface area is 115 Å². The van der Waals surface area contributed by atoms with Gasteiger partial charge in [-0.3, -0.25) is 0 Å². The third kappa shape index (κ3) is 6.52. The normalized spacial score (nSPS) is 15.9. The molecule has 0 amide bonds. The molecule has 0 N–H and O–H groups in total. The molecule has 0 fully saturated rings. The number of halogens is 3. The van der Waals surface area contributed by atoms with Crippen LogP contribution in [0.2, 0.25) is 0 Å². The maximum absolute atomic E-state index is 12.7. The molecule has 0 saturated carbocycles. The Morgan fingerprint density at radius 1 is 1.29 bits per heavy atom. The van der Waals surface area contributed by atoms with Crippen LogP contribution in [0.5, 0.6) is 0 Å². The molecule has 0 heterocycles. The van der Waals surface area contributed by atoms with Gasteiger partial charge in [0.2, 0.25) is 0 Å². The topological polar surface area (TPSA) is 15.6 Å². The van der Waals surface area contributed by atoms with Crippen molar-refractivity contribution in [1.29, 1.82) is 0 Å². The molecule has 0 rings (SSSR count). The van der Waals surface area contributed by atoms with Crippen LogP contribution in [0, 0.1) is 0 Å². The fourth-order valence-electron chi connectivity index (χ4n) is 1.21. The van der Waals surface area contributed by atoms with E-state index in [2.05, 4.69) is 4.99 Å². The van der Waals surface area contributed by atoms with Crippen LogP contribution in [0.4, 0.5) is 13.2 Å². The molecule has 0 aliphatic carbocycles. The zero-order valence-electron chi connectivity index (χ0n) is 11.0. The number of rotatable bonds is 3. The molecule has 3 radical (unpaired) electrons. The Kier molecular flexibility index (Phi) is 6.31. The Hall–Kier alpha value is 0.0587. The monoisotopic (exact) mass is 357 g/mol. The van der Waals surface area contributed by atoms with Crippen molar-refractivity contribution in [3.63, 3.8) is 0 Å². The van der Waals surface area contributed by atoms with Crippen molar-refractivity contribution in [3.05, 3.63) is 0 Å². The van der Waals surface area contributed by atoms with E-state index in [0.717, 1.165) is 29.2 Å². The Morgan fingerprint density at radius 2 is 1.76 bits per heavy atom. The molecule has 17 heavy (non-hydrogen) atoms. The van der Waals surface area contributed by atoms with Crippen LogP contribution in [0.3, 0.4) is 0 Å². The van der Waals surface area contributed by atoms with Crippen molar-refractivity contribution in [2.45, 2.75) is 65.2 Å². The van der Waals surface area contributed by atoms with Gasteiger partial charge in [-0.15, -0.1) is 0 Å². The number of hydrogen-bond donors (Lipinski definition) is 0. The van der Waals surface area contributed by atoms with E-state index in [0.29, 0.717) is 12.3 Å². The molecule has 0 spiro atoms. The van der Waals surface area contributed by atoms with Crippen molar-refractivity contribution in [1.82, 2.24) is 3.12 Å². The maximum atomic E-state index is 12.7. The van der Waals surface area contributed by atoms with E-state index in [1.165, 1.54) is 10.0 Å². The zero-order chi connectivity index (χ0) is 13.9. The summed E-state index contributed by atoms with van der Waals surface area (Å²) in [6.45, 7) is 8.81. The van der Waals surface area contributed by atoms with Gasteiger partial charge in [0.1, 0.15) is 0 Å². The van der Waals surface area contributed by atoms with Gasteiger partial charge in [0.15, 0.2) is 0 Å². The first-order valence-corrected chi connectivity index (χ1v) is 6.92. The fraction of sp³-hybridized carbons (Fsp3) is 0.909. The van der Waals surface area contributed by atoms with E-state index in [-0.39, 0.29) is 5.54 Å². The second-order valence-electron chi connectivity index (χ2n) is 5.04. The molecule has 0 aromatic heterocycles. The van der Waals surface area contributed by atoms with Gasteiger partial charge in [0, 0.05) is 0 Å². The minimum atomic E-state index is -4.20. The van der Waals surface area contributed by atoms with Crippen LogP contribution < -0.4 is 0 Å². The van der Waals surface area contributed by atoms with Crippen molar-refractivity contribution < 1.29 is 13.2 Å². The summed E-state index contributed by atoms with van der Waals surface area (Å²) in [6, 6.07) is -1.46. The number of alkyl halides is 3. The molecule has 1 unspecified atom stereocenters. The van der Waals surface area contributed by atoms with Gasteiger partial charge in [-0.1, -0.05) is 0 Å². The van der Waals surface area contributed by atoms with Crippen molar-refractivity contribution in [2.75, 3.05) is 0 Å².